The van der Waals surface area contributed by atoms with Crippen LogP contribution in [0.15, 0.2) is 65.1 Å². The lowest BCUT2D eigenvalue weighted by atomic mass is 10.1. The van der Waals surface area contributed by atoms with Crippen molar-refractivity contribution in [2.75, 3.05) is 38.3 Å². The average molecular weight is 418 g/mol. The Hall–Kier alpha value is -3.38. The number of hydrogen-bond acceptors (Lipinski definition) is 5. The van der Waals surface area contributed by atoms with Gasteiger partial charge in [0.05, 0.1) is 13.2 Å². The van der Waals surface area contributed by atoms with E-state index in [9.17, 15) is 9.59 Å². The lowest BCUT2D eigenvalue weighted by Crippen LogP contribution is -2.36. The normalized spacial score (nSPS) is 13.8. The highest BCUT2D eigenvalue weighted by Gasteiger charge is 2.18. The minimum Gasteiger partial charge on any atom is -0.451 e. The second kappa shape index (κ2) is 9.18. The van der Waals surface area contributed by atoms with Gasteiger partial charge in [0, 0.05) is 43.5 Å². The minimum atomic E-state index is -0.177. The van der Waals surface area contributed by atoms with E-state index in [-0.39, 0.29) is 17.5 Å². The number of ether oxygens (including phenoxy) is 1. The van der Waals surface area contributed by atoms with Crippen LogP contribution >= 0.6 is 0 Å². The third kappa shape index (κ3) is 4.86. The van der Waals surface area contributed by atoms with Crippen molar-refractivity contribution < 1.29 is 18.7 Å². The van der Waals surface area contributed by atoms with Crippen molar-refractivity contribution in [2.45, 2.75) is 13.5 Å². The summed E-state index contributed by atoms with van der Waals surface area (Å²) in [6.07, 6.45) is 0. The van der Waals surface area contributed by atoms with E-state index >= 15 is 0 Å². The number of rotatable bonds is 6. The van der Waals surface area contributed by atoms with E-state index in [1.165, 1.54) is 12.6 Å². The molecule has 0 saturated carbocycles. The van der Waals surface area contributed by atoms with Crippen molar-refractivity contribution in [1.29, 1.82) is 0 Å². The Morgan fingerprint density at radius 1 is 0.935 bits per heavy atom. The van der Waals surface area contributed by atoms with E-state index in [1.807, 2.05) is 12.1 Å². The van der Waals surface area contributed by atoms with Gasteiger partial charge in [-0.25, -0.2) is 0 Å². The predicted octanol–water partition coefficient (Wildman–Crippen LogP) is 4.26. The Morgan fingerprint density at radius 3 is 2.26 bits per heavy atom. The van der Waals surface area contributed by atoms with Gasteiger partial charge in [-0.15, -0.1) is 0 Å². The lowest BCUT2D eigenvalue weighted by molar-refractivity contribution is 0.0754. The van der Waals surface area contributed by atoms with Crippen molar-refractivity contribution in [3.05, 3.63) is 77.6 Å². The van der Waals surface area contributed by atoms with Gasteiger partial charge in [-0.3, -0.25) is 9.59 Å². The van der Waals surface area contributed by atoms with Crippen LogP contribution in [0.5, 0.6) is 0 Å². The maximum absolute atomic E-state index is 12.8. The van der Waals surface area contributed by atoms with Crippen LogP contribution in [0.3, 0.4) is 0 Å². The molecule has 0 atom stereocenters. The van der Waals surface area contributed by atoms with Crippen LogP contribution < -0.4 is 4.90 Å². The maximum atomic E-state index is 12.8. The first-order chi connectivity index (χ1) is 15.0. The standard InChI is InChI=1S/C25H26N2O4/c1-18(28)20-5-7-21(8-6-20)23-11-12-24(31-23)25(29)26(2)17-19-3-9-22(10-4-19)27-13-15-30-16-14-27/h3-12H,13-17H2,1-2H3. The highest BCUT2D eigenvalue weighted by Crippen LogP contribution is 2.24. The van der Waals surface area contributed by atoms with Crippen LogP contribution in [-0.4, -0.2) is 49.9 Å². The zero-order chi connectivity index (χ0) is 21.8. The topological polar surface area (TPSA) is 63.0 Å². The summed E-state index contributed by atoms with van der Waals surface area (Å²) in [5, 5.41) is 0. The number of benzene rings is 2. The van der Waals surface area contributed by atoms with Crippen LogP contribution in [-0.2, 0) is 11.3 Å². The van der Waals surface area contributed by atoms with Crippen LogP contribution in [0.2, 0.25) is 0 Å². The Bertz CT molecular complexity index is 1050. The largest absolute Gasteiger partial charge is 0.451 e. The maximum Gasteiger partial charge on any atom is 0.289 e. The molecule has 0 bridgehead atoms. The predicted molar refractivity (Wildman–Crippen MR) is 119 cm³/mol. The molecular weight excluding hydrogens is 392 g/mol. The molecule has 160 valence electrons. The van der Waals surface area contributed by atoms with Crippen molar-refractivity contribution in [1.82, 2.24) is 4.90 Å². The molecular formula is C25H26N2O4. The Morgan fingerprint density at radius 2 is 1.61 bits per heavy atom. The molecule has 1 amide bonds. The molecule has 6 heteroatoms. The summed E-state index contributed by atoms with van der Waals surface area (Å²) in [6.45, 7) is 5.33. The summed E-state index contributed by atoms with van der Waals surface area (Å²) >= 11 is 0. The molecule has 0 spiro atoms. The quantitative estimate of drug-likeness (QED) is 0.560. The molecule has 6 nitrogen and oxygen atoms in total. The molecule has 2 heterocycles. The first-order valence-corrected chi connectivity index (χ1v) is 10.4. The van der Waals surface area contributed by atoms with Gasteiger partial charge < -0.3 is 19.0 Å². The molecule has 1 aliphatic rings. The number of Topliss-reactive ketones (excluding diaryl/α,β-unsaturated/α-hetero) is 1. The molecule has 2 aromatic carbocycles. The van der Waals surface area contributed by atoms with Gasteiger partial charge in [-0.1, -0.05) is 36.4 Å². The summed E-state index contributed by atoms with van der Waals surface area (Å²) in [5.74, 6) is 0.727. The molecule has 1 aromatic heterocycles. The highest BCUT2D eigenvalue weighted by molar-refractivity contribution is 5.94. The molecule has 1 aliphatic heterocycles. The molecule has 4 rings (SSSR count). The highest BCUT2D eigenvalue weighted by atomic mass is 16.5. The van der Waals surface area contributed by atoms with Gasteiger partial charge in [-0.05, 0) is 36.8 Å². The van der Waals surface area contributed by atoms with Gasteiger partial charge in [0.2, 0.25) is 0 Å². The number of carbonyl (C=O) groups excluding carboxylic acids is 2. The minimum absolute atomic E-state index is 0.0152. The first kappa shape index (κ1) is 20.9. The fourth-order valence-electron chi connectivity index (χ4n) is 3.64. The summed E-state index contributed by atoms with van der Waals surface area (Å²) in [6, 6.07) is 18.9. The van der Waals surface area contributed by atoms with E-state index in [1.54, 1.807) is 36.2 Å². The van der Waals surface area contributed by atoms with Gasteiger partial charge >= 0.3 is 0 Å². The van der Waals surface area contributed by atoms with Crippen molar-refractivity contribution in [3.8, 4) is 11.3 Å². The Balaban J connectivity index is 1.39. The van der Waals surface area contributed by atoms with E-state index in [2.05, 4.69) is 29.2 Å². The number of ketones is 1. The summed E-state index contributed by atoms with van der Waals surface area (Å²) in [4.78, 5) is 28.2. The third-order valence-corrected chi connectivity index (χ3v) is 5.47. The number of carbonyl (C=O) groups is 2. The lowest BCUT2D eigenvalue weighted by Gasteiger charge is -2.29. The number of anilines is 1. The molecule has 1 fully saturated rings. The van der Waals surface area contributed by atoms with Crippen LogP contribution in [0.1, 0.15) is 33.4 Å². The van der Waals surface area contributed by atoms with Gasteiger partial charge in [0.1, 0.15) is 5.76 Å². The zero-order valence-electron chi connectivity index (χ0n) is 17.8. The Kier molecular flexibility index (Phi) is 6.18. The monoisotopic (exact) mass is 418 g/mol. The molecule has 31 heavy (non-hydrogen) atoms. The fourth-order valence-corrected chi connectivity index (χ4v) is 3.64. The van der Waals surface area contributed by atoms with E-state index in [0.717, 1.165) is 37.4 Å². The number of furan rings is 1. The van der Waals surface area contributed by atoms with Gasteiger partial charge in [0.15, 0.2) is 11.5 Å². The van der Waals surface area contributed by atoms with E-state index in [0.29, 0.717) is 17.9 Å². The molecule has 0 unspecified atom stereocenters. The second-order valence-electron chi connectivity index (χ2n) is 7.72. The SMILES string of the molecule is CC(=O)c1ccc(-c2ccc(C(=O)N(C)Cc3ccc(N4CCOCC4)cc3)o2)cc1. The summed E-state index contributed by atoms with van der Waals surface area (Å²) in [5.41, 5.74) is 3.70. The van der Waals surface area contributed by atoms with Crippen molar-refractivity contribution >= 4 is 17.4 Å². The Labute approximate surface area is 182 Å². The smallest absolute Gasteiger partial charge is 0.289 e. The third-order valence-electron chi connectivity index (χ3n) is 5.47. The summed E-state index contributed by atoms with van der Waals surface area (Å²) < 4.78 is 11.2. The van der Waals surface area contributed by atoms with E-state index < -0.39 is 0 Å². The molecule has 0 N–H and O–H groups in total. The number of amides is 1. The molecule has 0 aliphatic carbocycles. The van der Waals surface area contributed by atoms with Crippen molar-refractivity contribution in [3.63, 3.8) is 0 Å². The fraction of sp³-hybridized carbons (Fsp3) is 0.280. The number of morpholine rings is 1. The zero-order valence-corrected chi connectivity index (χ0v) is 17.8. The van der Waals surface area contributed by atoms with Crippen LogP contribution in [0.4, 0.5) is 5.69 Å². The van der Waals surface area contributed by atoms with Gasteiger partial charge in [-0.2, -0.15) is 0 Å². The van der Waals surface area contributed by atoms with E-state index in [4.69, 9.17) is 9.15 Å². The molecule has 3 aromatic rings. The average Bonchev–Trinajstić information content (AvgIpc) is 3.30. The first-order valence-electron chi connectivity index (χ1n) is 10.4. The second-order valence-corrected chi connectivity index (χ2v) is 7.72. The molecule has 0 radical (unpaired) electrons. The molecule has 1 saturated heterocycles. The van der Waals surface area contributed by atoms with Crippen LogP contribution in [0, 0.1) is 0 Å². The number of nitrogens with zero attached hydrogens (tertiary/aromatic N) is 2. The van der Waals surface area contributed by atoms with Crippen molar-refractivity contribution in [2.24, 2.45) is 0 Å². The van der Waals surface area contributed by atoms with Crippen LogP contribution in [0.25, 0.3) is 11.3 Å². The van der Waals surface area contributed by atoms with Gasteiger partial charge in [0.25, 0.3) is 5.91 Å². The summed E-state index contributed by atoms with van der Waals surface area (Å²) in [7, 11) is 1.77. The number of hydrogen-bond donors (Lipinski definition) is 0.